The van der Waals surface area contributed by atoms with E-state index in [1.54, 1.807) is 0 Å². The number of aliphatic carboxylic acids is 1. The Morgan fingerprint density at radius 1 is 1.50 bits per heavy atom. The summed E-state index contributed by atoms with van der Waals surface area (Å²) in [6.45, 7) is 2.35. The summed E-state index contributed by atoms with van der Waals surface area (Å²) in [6.07, 6.45) is 7.49. The van der Waals surface area contributed by atoms with Crippen molar-refractivity contribution in [2.24, 2.45) is 5.92 Å². The van der Waals surface area contributed by atoms with Crippen molar-refractivity contribution in [1.29, 1.82) is 0 Å². The zero-order chi connectivity index (χ0) is 13.5. The molecule has 5 nitrogen and oxygen atoms in total. The fourth-order valence-corrected chi connectivity index (χ4v) is 2.09. The van der Waals surface area contributed by atoms with Crippen LogP contribution >= 0.6 is 0 Å². The summed E-state index contributed by atoms with van der Waals surface area (Å²) < 4.78 is 5.41. The van der Waals surface area contributed by atoms with Crippen molar-refractivity contribution >= 4 is 11.9 Å². The summed E-state index contributed by atoms with van der Waals surface area (Å²) in [5.41, 5.74) is 0. The lowest BCUT2D eigenvalue weighted by atomic mass is 9.79. The van der Waals surface area contributed by atoms with Gasteiger partial charge in [0.2, 0.25) is 5.91 Å². The Bertz CT molecular complexity index is 341. The molecule has 1 amide bonds. The summed E-state index contributed by atoms with van der Waals surface area (Å²) in [5, 5.41) is 8.69. The molecule has 0 atom stereocenters. The van der Waals surface area contributed by atoms with E-state index in [0.29, 0.717) is 18.9 Å². The van der Waals surface area contributed by atoms with E-state index in [-0.39, 0.29) is 25.1 Å². The molecule has 1 aliphatic rings. The maximum atomic E-state index is 11.9. The number of carboxylic acid groups (broad SMARTS) is 1. The number of rotatable bonds is 7. The molecule has 0 aromatic rings. The van der Waals surface area contributed by atoms with E-state index in [4.69, 9.17) is 16.3 Å². The molecule has 100 valence electrons. The average molecular weight is 253 g/mol. The van der Waals surface area contributed by atoms with Crippen molar-refractivity contribution in [2.45, 2.75) is 32.3 Å². The Balaban J connectivity index is 2.34. The van der Waals surface area contributed by atoms with Crippen LogP contribution in [0.15, 0.2) is 0 Å². The minimum Gasteiger partial charge on any atom is -0.480 e. The van der Waals surface area contributed by atoms with Crippen molar-refractivity contribution in [2.75, 3.05) is 19.7 Å². The standard InChI is InChI=1S/C13H19NO4/c1-3-5-14(9-13(16)17)12(15)8-10-6-11(7-10)18-4-2/h1,10-11H,4-9H2,2H3,(H,16,17). The topological polar surface area (TPSA) is 66.8 Å². The van der Waals surface area contributed by atoms with Gasteiger partial charge in [-0.05, 0) is 25.7 Å². The van der Waals surface area contributed by atoms with Gasteiger partial charge in [-0.1, -0.05) is 5.92 Å². The second kappa shape index (κ2) is 7.02. The van der Waals surface area contributed by atoms with Crippen LogP contribution in [0.4, 0.5) is 0 Å². The minimum absolute atomic E-state index is 0.0484. The van der Waals surface area contributed by atoms with E-state index in [9.17, 15) is 9.59 Å². The molecule has 1 rings (SSSR count). The lowest BCUT2D eigenvalue weighted by Gasteiger charge is -2.35. The molecule has 0 saturated heterocycles. The zero-order valence-electron chi connectivity index (χ0n) is 10.6. The molecular weight excluding hydrogens is 234 g/mol. The summed E-state index contributed by atoms with van der Waals surface area (Å²) in [7, 11) is 0. The molecule has 18 heavy (non-hydrogen) atoms. The number of carbonyl (C=O) groups is 2. The van der Waals surface area contributed by atoms with E-state index >= 15 is 0 Å². The van der Waals surface area contributed by atoms with Crippen LogP contribution < -0.4 is 0 Å². The molecule has 0 aliphatic heterocycles. The lowest BCUT2D eigenvalue weighted by Crippen LogP contribution is -2.40. The molecule has 5 heteroatoms. The second-order valence-corrected chi connectivity index (χ2v) is 4.47. The van der Waals surface area contributed by atoms with Gasteiger partial charge in [-0.2, -0.15) is 0 Å². The van der Waals surface area contributed by atoms with Crippen molar-refractivity contribution in [3.05, 3.63) is 0 Å². The summed E-state index contributed by atoms with van der Waals surface area (Å²) in [6, 6.07) is 0. The predicted octanol–water partition coefficient (Wildman–Crippen LogP) is 0.738. The molecule has 1 saturated carbocycles. The monoisotopic (exact) mass is 253 g/mol. The first-order chi connectivity index (χ1) is 8.56. The molecule has 0 unspecified atom stereocenters. The Labute approximate surface area is 107 Å². The molecule has 1 aliphatic carbocycles. The number of amides is 1. The van der Waals surface area contributed by atoms with E-state index in [1.807, 2.05) is 6.92 Å². The van der Waals surface area contributed by atoms with Crippen LogP contribution in [0, 0.1) is 18.3 Å². The van der Waals surface area contributed by atoms with Gasteiger partial charge in [0.1, 0.15) is 6.54 Å². The molecule has 0 aromatic heterocycles. The first kappa shape index (κ1) is 14.5. The van der Waals surface area contributed by atoms with Gasteiger partial charge in [0.15, 0.2) is 0 Å². The number of hydrogen-bond donors (Lipinski definition) is 1. The Hall–Kier alpha value is -1.54. The van der Waals surface area contributed by atoms with E-state index in [1.165, 1.54) is 4.90 Å². The van der Waals surface area contributed by atoms with Gasteiger partial charge < -0.3 is 14.7 Å². The summed E-state index contributed by atoms with van der Waals surface area (Å²) >= 11 is 0. The summed E-state index contributed by atoms with van der Waals surface area (Å²) in [5.74, 6) is 1.38. The first-order valence-corrected chi connectivity index (χ1v) is 6.11. The van der Waals surface area contributed by atoms with Crippen LogP contribution in [0.1, 0.15) is 26.2 Å². The highest BCUT2D eigenvalue weighted by molar-refractivity contribution is 5.81. The smallest absolute Gasteiger partial charge is 0.323 e. The highest BCUT2D eigenvalue weighted by Crippen LogP contribution is 2.33. The third-order valence-electron chi connectivity index (χ3n) is 3.02. The van der Waals surface area contributed by atoms with Gasteiger partial charge in [-0.25, -0.2) is 0 Å². The van der Waals surface area contributed by atoms with Gasteiger partial charge >= 0.3 is 5.97 Å². The third-order valence-corrected chi connectivity index (χ3v) is 3.02. The molecule has 0 heterocycles. The fraction of sp³-hybridized carbons (Fsp3) is 0.692. The van der Waals surface area contributed by atoms with Gasteiger partial charge in [-0.3, -0.25) is 9.59 Å². The van der Waals surface area contributed by atoms with E-state index in [0.717, 1.165) is 12.8 Å². The Morgan fingerprint density at radius 2 is 2.17 bits per heavy atom. The molecule has 1 fully saturated rings. The maximum Gasteiger partial charge on any atom is 0.323 e. The maximum absolute atomic E-state index is 11.9. The van der Waals surface area contributed by atoms with Crippen LogP contribution in [-0.4, -0.2) is 47.7 Å². The quantitative estimate of drug-likeness (QED) is 0.679. The number of nitrogens with zero attached hydrogens (tertiary/aromatic N) is 1. The average Bonchev–Trinajstić information content (AvgIpc) is 2.25. The van der Waals surface area contributed by atoms with E-state index < -0.39 is 5.97 Å². The van der Waals surface area contributed by atoms with Crippen molar-refractivity contribution < 1.29 is 19.4 Å². The largest absolute Gasteiger partial charge is 0.480 e. The molecule has 0 radical (unpaired) electrons. The highest BCUT2D eigenvalue weighted by atomic mass is 16.5. The lowest BCUT2D eigenvalue weighted by molar-refractivity contribution is -0.145. The number of carboxylic acids is 1. The van der Waals surface area contributed by atoms with Crippen LogP contribution in [0.3, 0.4) is 0 Å². The molecule has 0 spiro atoms. The van der Waals surface area contributed by atoms with Crippen LogP contribution in [0.25, 0.3) is 0 Å². The normalized spacial score (nSPS) is 21.8. The number of ether oxygens (including phenoxy) is 1. The minimum atomic E-state index is -1.04. The third kappa shape index (κ3) is 4.38. The van der Waals surface area contributed by atoms with Gasteiger partial charge in [-0.15, -0.1) is 6.42 Å². The van der Waals surface area contributed by atoms with Gasteiger partial charge in [0.25, 0.3) is 0 Å². The molecule has 0 aromatic carbocycles. The van der Waals surface area contributed by atoms with Crippen molar-refractivity contribution in [3.63, 3.8) is 0 Å². The van der Waals surface area contributed by atoms with Crippen LogP contribution in [0.5, 0.6) is 0 Å². The van der Waals surface area contributed by atoms with Crippen molar-refractivity contribution in [1.82, 2.24) is 4.90 Å². The second-order valence-electron chi connectivity index (χ2n) is 4.47. The van der Waals surface area contributed by atoms with Crippen LogP contribution in [0.2, 0.25) is 0 Å². The zero-order valence-corrected chi connectivity index (χ0v) is 10.6. The molecule has 0 bridgehead atoms. The SMILES string of the molecule is C#CCN(CC(=O)O)C(=O)CC1CC(OCC)C1. The number of carbonyl (C=O) groups excluding carboxylic acids is 1. The highest BCUT2D eigenvalue weighted by Gasteiger charge is 2.32. The molecule has 1 N–H and O–H groups in total. The number of hydrogen-bond acceptors (Lipinski definition) is 3. The van der Waals surface area contributed by atoms with E-state index in [2.05, 4.69) is 5.92 Å². The Morgan fingerprint density at radius 3 is 2.67 bits per heavy atom. The Kier molecular flexibility index (Phi) is 5.66. The first-order valence-electron chi connectivity index (χ1n) is 6.11. The summed E-state index contributed by atoms with van der Waals surface area (Å²) in [4.78, 5) is 23.7. The fourth-order valence-electron chi connectivity index (χ4n) is 2.09. The number of terminal acetylenes is 1. The van der Waals surface area contributed by atoms with Gasteiger partial charge in [0, 0.05) is 13.0 Å². The van der Waals surface area contributed by atoms with Crippen LogP contribution in [-0.2, 0) is 14.3 Å². The molecular formula is C13H19NO4. The predicted molar refractivity (Wildman–Crippen MR) is 65.8 cm³/mol. The van der Waals surface area contributed by atoms with Crippen molar-refractivity contribution in [3.8, 4) is 12.3 Å². The van der Waals surface area contributed by atoms with Gasteiger partial charge in [0.05, 0.1) is 12.6 Å².